The number of piperazine rings is 1. The summed E-state index contributed by atoms with van der Waals surface area (Å²) in [5.74, 6) is 1.29. The summed E-state index contributed by atoms with van der Waals surface area (Å²) in [7, 11) is -3.35. The van der Waals surface area contributed by atoms with Crippen molar-refractivity contribution in [3.8, 4) is 11.4 Å². The molecular weight excluding hydrogens is 414 g/mol. The average molecular weight is 440 g/mol. The normalized spacial score (nSPS) is 15.2. The van der Waals surface area contributed by atoms with Gasteiger partial charge in [0.05, 0.1) is 5.75 Å². The largest absolute Gasteiger partial charge is 0.354 e. The summed E-state index contributed by atoms with van der Waals surface area (Å²) in [5, 5.41) is 0. The maximum atomic E-state index is 12.7. The topological polar surface area (TPSA) is 99.3 Å². The second kappa shape index (κ2) is 8.99. The van der Waals surface area contributed by atoms with Crippen molar-refractivity contribution in [2.24, 2.45) is 0 Å². The minimum absolute atomic E-state index is 0.0167. The van der Waals surface area contributed by atoms with Crippen molar-refractivity contribution >= 4 is 15.8 Å². The molecule has 0 amide bonds. The molecule has 0 radical (unpaired) electrons. The zero-order valence-corrected chi connectivity index (χ0v) is 18.2. The predicted molar refractivity (Wildman–Crippen MR) is 120 cm³/mol. The molecule has 1 N–H and O–H groups in total. The summed E-state index contributed by atoms with van der Waals surface area (Å²) in [5.41, 5.74) is 2.08. The Morgan fingerprint density at radius 2 is 1.77 bits per heavy atom. The van der Waals surface area contributed by atoms with Crippen molar-refractivity contribution in [2.45, 2.75) is 19.1 Å². The Labute approximate surface area is 181 Å². The van der Waals surface area contributed by atoms with Crippen LogP contribution in [0, 0.1) is 0 Å². The first kappa shape index (κ1) is 21.2. The van der Waals surface area contributed by atoms with Gasteiger partial charge in [-0.05, 0) is 24.1 Å². The number of hydrogen-bond acceptors (Lipinski definition) is 6. The van der Waals surface area contributed by atoms with Crippen molar-refractivity contribution in [3.63, 3.8) is 0 Å². The van der Waals surface area contributed by atoms with Crippen LogP contribution in [0.2, 0.25) is 0 Å². The summed E-state index contributed by atoms with van der Waals surface area (Å²) < 4.78 is 27.0. The van der Waals surface area contributed by atoms with Crippen LogP contribution in [-0.2, 0) is 22.2 Å². The molecule has 0 spiro atoms. The fourth-order valence-electron chi connectivity index (χ4n) is 3.61. The van der Waals surface area contributed by atoms with Gasteiger partial charge in [-0.15, -0.1) is 0 Å². The van der Waals surface area contributed by atoms with Gasteiger partial charge >= 0.3 is 0 Å². The number of H-pyrrole nitrogens is 1. The second-order valence-electron chi connectivity index (χ2n) is 7.47. The number of aromatic amines is 1. The van der Waals surface area contributed by atoms with Crippen LogP contribution >= 0.6 is 0 Å². The van der Waals surface area contributed by atoms with Crippen LogP contribution in [0.4, 0.5) is 5.82 Å². The summed E-state index contributed by atoms with van der Waals surface area (Å²) >= 11 is 0. The standard InChI is InChI=1S/C22H25N5O3S/c1-2-19-14-21(28)25-22(24-19)18-8-9-20(23-15-18)26-10-12-27(13-11-26)31(29,30)16-17-6-4-3-5-7-17/h3-9,14-15H,2,10-13,16H2,1H3,(H,24,25,28). The highest BCUT2D eigenvalue weighted by molar-refractivity contribution is 7.88. The number of rotatable bonds is 6. The summed E-state index contributed by atoms with van der Waals surface area (Å²) in [6, 6.07) is 14.5. The Balaban J connectivity index is 1.41. The van der Waals surface area contributed by atoms with E-state index in [1.807, 2.05) is 49.4 Å². The van der Waals surface area contributed by atoms with Crippen molar-refractivity contribution in [1.29, 1.82) is 0 Å². The van der Waals surface area contributed by atoms with Crippen LogP contribution < -0.4 is 10.5 Å². The molecule has 1 aliphatic rings. The van der Waals surface area contributed by atoms with Crippen molar-refractivity contribution in [1.82, 2.24) is 19.3 Å². The van der Waals surface area contributed by atoms with Gasteiger partial charge in [0.15, 0.2) is 0 Å². The summed E-state index contributed by atoms with van der Waals surface area (Å²) in [4.78, 5) is 25.6. The molecule has 9 heteroatoms. The van der Waals surface area contributed by atoms with Gasteiger partial charge in [-0.25, -0.2) is 18.4 Å². The van der Waals surface area contributed by atoms with Gasteiger partial charge in [0, 0.05) is 49.7 Å². The third-order valence-electron chi connectivity index (χ3n) is 5.33. The number of anilines is 1. The van der Waals surface area contributed by atoms with Gasteiger partial charge in [0.25, 0.3) is 5.56 Å². The number of aromatic nitrogens is 3. The number of hydrogen-bond donors (Lipinski definition) is 1. The first-order valence-electron chi connectivity index (χ1n) is 10.3. The zero-order chi connectivity index (χ0) is 21.8. The minimum atomic E-state index is -3.35. The minimum Gasteiger partial charge on any atom is -0.354 e. The lowest BCUT2D eigenvalue weighted by molar-refractivity contribution is 0.383. The molecular formula is C22H25N5O3S. The molecule has 31 heavy (non-hydrogen) atoms. The van der Waals surface area contributed by atoms with E-state index in [1.54, 1.807) is 10.5 Å². The Morgan fingerprint density at radius 3 is 2.42 bits per heavy atom. The smallest absolute Gasteiger partial charge is 0.251 e. The van der Waals surface area contributed by atoms with Crippen molar-refractivity contribution in [2.75, 3.05) is 31.1 Å². The van der Waals surface area contributed by atoms with Gasteiger partial charge in [0.2, 0.25) is 10.0 Å². The highest BCUT2D eigenvalue weighted by Gasteiger charge is 2.27. The Bertz CT molecular complexity index is 1190. The van der Waals surface area contributed by atoms with Crippen LogP contribution in [0.25, 0.3) is 11.4 Å². The lowest BCUT2D eigenvalue weighted by Crippen LogP contribution is -2.49. The number of aryl methyl sites for hydroxylation is 1. The van der Waals surface area contributed by atoms with Crippen LogP contribution in [0.3, 0.4) is 0 Å². The lowest BCUT2D eigenvalue weighted by atomic mass is 10.2. The molecule has 1 fully saturated rings. The number of sulfonamides is 1. The van der Waals surface area contributed by atoms with E-state index < -0.39 is 10.0 Å². The van der Waals surface area contributed by atoms with E-state index in [4.69, 9.17) is 0 Å². The fraction of sp³-hybridized carbons (Fsp3) is 0.318. The Morgan fingerprint density at radius 1 is 1.03 bits per heavy atom. The van der Waals surface area contributed by atoms with E-state index in [0.717, 1.165) is 22.6 Å². The maximum Gasteiger partial charge on any atom is 0.251 e. The highest BCUT2D eigenvalue weighted by Crippen LogP contribution is 2.20. The number of nitrogens with zero attached hydrogens (tertiary/aromatic N) is 4. The van der Waals surface area contributed by atoms with E-state index >= 15 is 0 Å². The van der Waals surface area contributed by atoms with Crippen molar-refractivity contribution < 1.29 is 8.42 Å². The number of benzene rings is 1. The molecule has 162 valence electrons. The third-order valence-corrected chi connectivity index (χ3v) is 7.18. The van der Waals surface area contributed by atoms with Crippen molar-refractivity contribution in [3.05, 3.63) is 76.3 Å². The molecule has 3 heterocycles. The molecule has 1 saturated heterocycles. The fourth-order valence-corrected chi connectivity index (χ4v) is 5.13. The maximum absolute atomic E-state index is 12.7. The van der Waals surface area contributed by atoms with Gasteiger partial charge in [0.1, 0.15) is 11.6 Å². The molecule has 0 atom stereocenters. The quantitative estimate of drug-likeness (QED) is 0.631. The summed E-state index contributed by atoms with van der Waals surface area (Å²) in [6.07, 6.45) is 2.37. The van der Waals surface area contributed by atoms with E-state index in [1.165, 1.54) is 6.07 Å². The predicted octanol–water partition coefficient (Wildman–Crippen LogP) is 2.05. The first-order valence-corrected chi connectivity index (χ1v) is 11.9. The van der Waals surface area contributed by atoms with Crippen LogP contribution in [0.15, 0.2) is 59.5 Å². The number of nitrogens with one attached hydrogen (secondary N) is 1. The Hall–Kier alpha value is -3.04. The van der Waals surface area contributed by atoms with Gasteiger partial charge in [-0.1, -0.05) is 37.3 Å². The molecule has 8 nitrogen and oxygen atoms in total. The van der Waals surface area contributed by atoms with E-state index in [0.29, 0.717) is 38.4 Å². The molecule has 2 aromatic heterocycles. The van der Waals surface area contributed by atoms with Gasteiger partial charge in [-0.3, -0.25) is 4.79 Å². The molecule has 1 aliphatic heterocycles. The number of pyridine rings is 1. The van der Waals surface area contributed by atoms with E-state index in [-0.39, 0.29) is 11.3 Å². The highest BCUT2D eigenvalue weighted by atomic mass is 32.2. The van der Waals surface area contributed by atoms with E-state index in [9.17, 15) is 13.2 Å². The molecule has 0 bridgehead atoms. The van der Waals surface area contributed by atoms with Crippen LogP contribution in [0.1, 0.15) is 18.2 Å². The average Bonchev–Trinajstić information content (AvgIpc) is 2.79. The monoisotopic (exact) mass is 439 g/mol. The van der Waals surface area contributed by atoms with Crippen LogP contribution in [-0.4, -0.2) is 53.9 Å². The van der Waals surface area contributed by atoms with E-state index in [2.05, 4.69) is 19.9 Å². The Kier molecular flexibility index (Phi) is 6.15. The molecule has 3 aromatic rings. The molecule has 4 rings (SSSR count). The molecule has 0 saturated carbocycles. The lowest BCUT2D eigenvalue weighted by Gasteiger charge is -2.34. The van der Waals surface area contributed by atoms with Crippen LogP contribution in [0.5, 0.6) is 0 Å². The second-order valence-corrected chi connectivity index (χ2v) is 9.44. The third kappa shape index (κ3) is 5.00. The van der Waals surface area contributed by atoms with Gasteiger partial charge < -0.3 is 9.88 Å². The molecule has 0 unspecified atom stereocenters. The molecule has 1 aromatic carbocycles. The first-order chi connectivity index (χ1) is 14.9. The zero-order valence-electron chi connectivity index (χ0n) is 17.4. The molecule has 0 aliphatic carbocycles. The SMILES string of the molecule is CCc1cc(=O)[nH]c(-c2ccc(N3CCN(S(=O)(=O)Cc4ccccc4)CC3)nc2)n1. The summed E-state index contributed by atoms with van der Waals surface area (Å²) in [6.45, 7) is 3.94. The van der Waals surface area contributed by atoms with Gasteiger partial charge in [-0.2, -0.15) is 4.31 Å².